The monoisotopic (exact) mass is 396 g/mol. The number of benzene rings is 2. The Hall–Kier alpha value is -2.36. The van der Waals surface area contributed by atoms with Gasteiger partial charge in [-0.2, -0.15) is 0 Å². The fraction of sp³-hybridized carbons (Fsp3) is 0.0667. The Balaban J connectivity index is 1.80. The third-order valence-corrected chi connectivity index (χ3v) is 4.45. The molecule has 0 unspecified atom stereocenters. The Labute approximate surface area is 158 Å². The third kappa shape index (κ3) is 5.89. The zero-order valence-electron chi connectivity index (χ0n) is 12.7. The molecule has 0 bridgehead atoms. The number of nitrogens with one attached hydrogen (secondary N) is 3. The van der Waals surface area contributed by atoms with Gasteiger partial charge in [0.05, 0.1) is 26.3 Å². The van der Waals surface area contributed by atoms with Crippen molar-refractivity contribution in [3.63, 3.8) is 0 Å². The van der Waals surface area contributed by atoms with Crippen LogP contribution in [0.4, 0.5) is 11.4 Å². The average molecular weight is 397 g/mol. The molecule has 0 aliphatic rings. The predicted octanol–water partition coefficient (Wildman–Crippen LogP) is 3.36. The Morgan fingerprint density at radius 2 is 1.84 bits per heavy atom. The summed E-state index contributed by atoms with van der Waals surface area (Å²) in [6, 6.07) is 13.2. The Morgan fingerprint density at radius 1 is 1.16 bits per heavy atom. The molecule has 2 aromatic rings. The van der Waals surface area contributed by atoms with Gasteiger partial charge in [0.25, 0.3) is 5.69 Å². The minimum atomic E-state index is -0.485. The van der Waals surface area contributed by atoms with E-state index < -0.39 is 4.92 Å². The molecule has 10 heteroatoms. The summed E-state index contributed by atoms with van der Waals surface area (Å²) >= 11 is 12.1. The van der Waals surface area contributed by atoms with Crippen LogP contribution >= 0.6 is 35.6 Å². The van der Waals surface area contributed by atoms with E-state index in [9.17, 15) is 14.9 Å². The zero-order valence-corrected chi connectivity index (χ0v) is 15.1. The number of amides is 1. The van der Waals surface area contributed by atoms with E-state index in [0.717, 1.165) is 11.8 Å². The van der Waals surface area contributed by atoms with Gasteiger partial charge >= 0.3 is 0 Å². The van der Waals surface area contributed by atoms with Gasteiger partial charge in [-0.25, -0.2) is 0 Å². The molecule has 2 rings (SSSR count). The van der Waals surface area contributed by atoms with Crippen molar-refractivity contribution >= 4 is 58.0 Å². The molecule has 0 spiro atoms. The molecule has 130 valence electrons. The van der Waals surface area contributed by atoms with Gasteiger partial charge in [0.15, 0.2) is 5.11 Å². The fourth-order valence-corrected chi connectivity index (χ4v) is 2.92. The van der Waals surface area contributed by atoms with Crippen LogP contribution in [0, 0.1) is 10.1 Å². The van der Waals surface area contributed by atoms with Crippen molar-refractivity contribution in [1.29, 1.82) is 0 Å². The second-order valence-electron chi connectivity index (χ2n) is 4.62. The number of nitrogens with zero attached hydrogens (tertiary/aromatic N) is 1. The normalized spacial score (nSPS) is 9.96. The van der Waals surface area contributed by atoms with Crippen molar-refractivity contribution < 1.29 is 9.72 Å². The smallest absolute Gasteiger partial charge is 0.282 e. The molecule has 0 atom stereocenters. The number of para-hydroxylation sites is 2. The van der Waals surface area contributed by atoms with Crippen LogP contribution in [0.5, 0.6) is 0 Å². The highest BCUT2D eigenvalue weighted by atomic mass is 35.5. The van der Waals surface area contributed by atoms with Gasteiger partial charge in [-0.05, 0) is 30.4 Å². The largest absolute Gasteiger partial charge is 0.330 e. The summed E-state index contributed by atoms with van der Waals surface area (Å²) in [6.45, 7) is 0. The molecule has 0 aliphatic heterocycles. The first-order valence-electron chi connectivity index (χ1n) is 6.94. The Bertz CT molecular complexity index is 804. The van der Waals surface area contributed by atoms with Gasteiger partial charge < -0.3 is 5.32 Å². The first-order valence-corrected chi connectivity index (χ1v) is 8.71. The van der Waals surface area contributed by atoms with Gasteiger partial charge in [-0.15, -0.1) is 11.8 Å². The van der Waals surface area contributed by atoms with E-state index in [2.05, 4.69) is 16.2 Å². The number of halogens is 1. The highest BCUT2D eigenvalue weighted by molar-refractivity contribution is 8.00. The van der Waals surface area contributed by atoms with Crippen LogP contribution < -0.4 is 16.2 Å². The minimum Gasteiger partial charge on any atom is -0.330 e. The van der Waals surface area contributed by atoms with E-state index in [4.69, 9.17) is 23.8 Å². The summed E-state index contributed by atoms with van der Waals surface area (Å²) in [5, 5.41) is 14.4. The molecule has 0 heterocycles. The summed E-state index contributed by atoms with van der Waals surface area (Å²) in [5.74, 6) is -0.390. The average Bonchev–Trinajstić information content (AvgIpc) is 2.60. The molecule has 0 saturated carbocycles. The van der Waals surface area contributed by atoms with Crippen molar-refractivity contribution in [3.05, 3.63) is 63.7 Å². The molecule has 3 N–H and O–H groups in total. The van der Waals surface area contributed by atoms with E-state index in [0.29, 0.717) is 15.6 Å². The van der Waals surface area contributed by atoms with E-state index in [1.807, 2.05) is 0 Å². The minimum absolute atomic E-state index is 0.00738. The van der Waals surface area contributed by atoms with Crippen LogP contribution in [0.3, 0.4) is 0 Å². The van der Waals surface area contributed by atoms with E-state index >= 15 is 0 Å². The quantitative estimate of drug-likeness (QED) is 0.308. The lowest BCUT2D eigenvalue weighted by Gasteiger charge is -2.12. The molecule has 1 amide bonds. The number of carbonyl (C=O) groups excluding carboxylic acids is 1. The molecule has 0 saturated heterocycles. The van der Waals surface area contributed by atoms with E-state index in [1.165, 1.54) is 6.07 Å². The lowest BCUT2D eigenvalue weighted by molar-refractivity contribution is -0.387. The number of nitro benzene ring substituents is 1. The van der Waals surface area contributed by atoms with Crippen molar-refractivity contribution in [2.75, 3.05) is 11.1 Å². The molecular weight excluding hydrogens is 384 g/mol. The van der Waals surface area contributed by atoms with Crippen LogP contribution in [0.25, 0.3) is 0 Å². The number of thiocarbonyl (C=S) groups is 1. The highest BCUT2D eigenvalue weighted by Crippen LogP contribution is 2.28. The van der Waals surface area contributed by atoms with Crippen LogP contribution in [0.2, 0.25) is 5.02 Å². The fourth-order valence-electron chi connectivity index (χ4n) is 1.75. The van der Waals surface area contributed by atoms with Crippen LogP contribution in [0.15, 0.2) is 53.4 Å². The summed E-state index contributed by atoms with van der Waals surface area (Å²) in [5.41, 5.74) is 5.53. The topological polar surface area (TPSA) is 96.3 Å². The second kappa shape index (κ2) is 9.21. The Kier molecular flexibility index (Phi) is 6.99. The number of anilines is 1. The van der Waals surface area contributed by atoms with Gasteiger partial charge in [-0.3, -0.25) is 25.8 Å². The molecule has 0 aromatic heterocycles. The van der Waals surface area contributed by atoms with Crippen molar-refractivity contribution in [3.8, 4) is 0 Å². The second-order valence-corrected chi connectivity index (χ2v) is 6.45. The van der Waals surface area contributed by atoms with Crippen molar-refractivity contribution in [2.45, 2.75) is 4.90 Å². The molecule has 0 fully saturated rings. The van der Waals surface area contributed by atoms with Crippen molar-refractivity contribution in [2.24, 2.45) is 0 Å². The molecule has 0 aliphatic carbocycles. The van der Waals surface area contributed by atoms with E-state index in [1.54, 1.807) is 42.5 Å². The van der Waals surface area contributed by atoms with Crippen LogP contribution in [-0.4, -0.2) is 21.7 Å². The lowest BCUT2D eigenvalue weighted by Crippen LogP contribution is -2.44. The van der Waals surface area contributed by atoms with Gasteiger partial charge in [0.2, 0.25) is 5.91 Å². The number of hydrogen-bond acceptors (Lipinski definition) is 5. The standard InChI is InChI=1S/C15H13ClN4O3S2/c16-10-5-1-2-6-11(10)17-15(24)19-18-14(21)9-25-13-8-4-3-7-12(13)20(22)23/h1-8H,9H2,(H,18,21)(H2,17,19,24). The maximum atomic E-state index is 11.8. The number of nitro groups is 1. The van der Waals surface area contributed by atoms with Gasteiger partial charge in [0, 0.05) is 6.07 Å². The maximum Gasteiger partial charge on any atom is 0.282 e. The number of hydrazine groups is 1. The number of rotatable bonds is 5. The molecular formula is C15H13ClN4O3S2. The lowest BCUT2D eigenvalue weighted by atomic mass is 10.3. The van der Waals surface area contributed by atoms with Gasteiger partial charge in [-0.1, -0.05) is 35.9 Å². The number of carbonyl (C=O) groups is 1. The molecule has 0 radical (unpaired) electrons. The molecule has 25 heavy (non-hydrogen) atoms. The highest BCUT2D eigenvalue weighted by Gasteiger charge is 2.14. The number of thioether (sulfide) groups is 1. The first-order chi connectivity index (χ1) is 12.0. The van der Waals surface area contributed by atoms with Crippen molar-refractivity contribution in [1.82, 2.24) is 10.9 Å². The van der Waals surface area contributed by atoms with Crippen LogP contribution in [-0.2, 0) is 4.79 Å². The van der Waals surface area contributed by atoms with E-state index in [-0.39, 0.29) is 22.5 Å². The zero-order chi connectivity index (χ0) is 18.2. The third-order valence-electron chi connectivity index (χ3n) is 2.86. The molecule has 2 aromatic carbocycles. The Morgan fingerprint density at radius 3 is 2.56 bits per heavy atom. The summed E-state index contributed by atoms with van der Waals surface area (Å²) in [6.07, 6.45) is 0. The number of hydrogen-bond donors (Lipinski definition) is 3. The summed E-state index contributed by atoms with van der Waals surface area (Å²) in [7, 11) is 0. The van der Waals surface area contributed by atoms with Gasteiger partial charge in [0.1, 0.15) is 0 Å². The van der Waals surface area contributed by atoms with Crippen LogP contribution in [0.1, 0.15) is 0 Å². The maximum absolute atomic E-state index is 11.8. The summed E-state index contributed by atoms with van der Waals surface area (Å²) < 4.78 is 0. The molecule has 7 nitrogen and oxygen atoms in total. The first kappa shape index (κ1) is 19.0. The SMILES string of the molecule is O=C(CSc1ccccc1[N+](=O)[O-])NNC(=S)Nc1ccccc1Cl. The summed E-state index contributed by atoms with van der Waals surface area (Å²) in [4.78, 5) is 22.7. The predicted molar refractivity (Wildman–Crippen MR) is 103 cm³/mol.